The van der Waals surface area contributed by atoms with E-state index >= 15 is 0 Å². The molecule has 0 radical (unpaired) electrons. The molecule has 0 aromatic carbocycles. The molecule has 1 nitrogen and oxygen atoms in total. The van der Waals surface area contributed by atoms with Gasteiger partial charge in [-0.3, -0.25) is 0 Å². The summed E-state index contributed by atoms with van der Waals surface area (Å²) in [6.45, 7) is 0. The maximum Gasteiger partial charge on any atom is 0.123 e. The Labute approximate surface area is 68.2 Å². The van der Waals surface area contributed by atoms with Gasteiger partial charge in [-0.2, -0.15) is 0 Å². The molecule has 2 rings (SSSR count). The Bertz CT molecular complexity index is 156. The average Bonchev–Trinajstić information content (AvgIpc) is 2.62. The Morgan fingerprint density at radius 2 is 1.91 bits per heavy atom. The van der Waals surface area contributed by atoms with E-state index in [-0.39, 0.29) is 0 Å². The van der Waals surface area contributed by atoms with Gasteiger partial charge in [-0.05, 0) is 37.5 Å². The molecule has 0 bridgehead atoms. The fourth-order valence-corrected chi connectivity index (χ4v) is 2.95. The van der Waals surface area contributed by atoms with Gasteiger partial charge in [0.15, 0.2) is 0 Å². The number of hydrogen-bond acceptors (Lipinski definition) is 1. The van der Waals surface area contributed by atoms with Crippen molar-refractivity contribution in [2.75, 3.05) is 0 Å². The van der Waals surface area contributed by atoms with Gasteiger partial charge in [0, 0.05) is 5.92 Å². The molecule has 0 heterocycles. The third-order valence-electron chi connectivity index (χ3n) is 3.60. The van der Waals surface area contributed by atoms with E-state index in [1.54, 1.807) is 0 Å². The molecular weight excluding hydrogens is 136 g/mol. The highest BCUT2D eigenvalue weighted by Gasteiger charge is 2.40. The molecule has 1 atom stereocenters. The van der Waals surface area contributed by atoms with Crippen LogP contribution in [0.5, 0.6) is 0 Å². The molecule has 2 aliphatic carbocycles. The first kappa shape index (κ1) is 7.33. The van der Waals surface area contributed by atoms with Crippen molar-refractivity contribution in [1.29, 1.82) is 0 Å². The summed E-state index contributed by atoms with van der Waals surface area (Å²) in [5.41, 5.74) is 0.631. The van der Waals surface area contributed by atoms with Crippen molar-refractivity contribution in [1.82, 2.24) is 0 Å². The van der Waals surface area contributed by atoms with Gasteiger partial charge in [-0.25, -0.2) is 0 Å². The van der Waals surface area contributed by atoms with Gasteiger partial charge >= 0.3 is 0 Å². The number of carbonyl (C=O) groups excluding carboxylic acids is 1. The van der Waals surface area contributed by atoms with E-state index < -0.39 is 0 Å². The van der Waals surface area contributed by atoms with E-state index in [1.807, 2.05) is 0 Å². The molecule has 0 saturated heterocycles. The lowest BCUT2D eigenvalue weighted by atomic mass is 9.84. The minimum absolute atomic E-state index is 0.410. The lowest BCUT2D eigenvalue weighted by molar-refractivity contribution is -0.111. The predicted octanol–water partition coefficient (Wildman–Crippen LogP) is 2.55. The number of carbonyl (C=O) groups is 1. The third-order valence-corrected chi connectivity index (χ3v) is 3.60. The van der Waals surface area contributed by atoms with Crippen LogP contribution in [0.25, 0.3) is 0 Å². The molecule has 0 amide bonds. The van der Waals surface area contributed by atoms with Gasteiger partial charge in [0.05, 0.1) is 0 Å². The summed E-state index contributed by atoms with van der Waals surface area (Å²) in [6.07, 6.45) is 10.5. The fraction of sp³-hybridized carbons (Fsp3) is 0.900. The summed E-state index contributed by atoms with van der Waals surface area (Å²) in [6, 6.07) is 0. The highest BCUT2D eigenvalue weighted by Crippen LogP contribution is 2.51. The van der Waals surface area contributed by atoms with Gasteiger partial charge in [0.1, 0.15) is 6.29 Å². The van der Waals surface area contributed by atoms with Crippen LogP contribution < -0.4 is 0 Å². The predicted molar refractivity (Wildman–Crippen MR) is 44.3 cm³/mol. The van der Waals surface area contributed by atoms with Crippen LogP contribution in [0.3, 0.4) is 0 Å². The van der Waals surface area contributed by atoms with E-state index in [1.165, 1.54) is 51.2 Å². The summed E-state index contributed by atoms with van der Waals surface area (Å²) in [5, 5.41) is 0. The Balaban J connectivity index is 2.01. The SMILES string of the molecule is O=CC1CCC2(CCCC2)C1. The molecule has 62 valence electrons. The lowest BCUT2D eigenvalue weighted by Crippen LogP contribution is -2.11. The second-order valence-corrected chi connectivity index (χ2v) is 4.35. The van der Waals surface area contributed by atoms with Crippen LogP contribution in [-0.2, 0) is 4.79 Å². The van der Waals surface area contributed by atoms with Crippen LogP contribution in [0.15, 0.2) is 0 Å². The Kier molecular flexibility index (Phi) is 1.74. The maximum atomic E-state index is 10.5. The fourth-order valence-electron chi connectivity index (χ4n) is 2.95. The zero-order valence-corrected chi connectivity index (χ0v) is 7.01. The van der Waals surface area contributed by atoms with E-state index in [4.69, 9.17) is 0 Å². The van der Waals surface area contributed by atoms with Crippen molar-refractivity contribution in [3.05, 3.63) is 0 Å². The average molecular weight is 152 g/mol. The Morgan fingerprint density at radius 1 is 1.18 bits per heavy atom. The van der Waals surface area contributed by atoms with Crippen LogP contribution in [0.2, 0.25) is 0 Å². The van der Waals surface area contributed by atoms with Crippen LogP contribution in [-0.4, -0.2) is 6.29 Å². The molecule has 0 aliphatic heterocycles. The molecule has 0 aromatic heterocycles. The summed E-state index contributed by atoms with van der Waals surface area (Å²) in [5.74, 6) is 0.410. The van der Waals surface area contributed by atoms with Gasteiger partial charge in [-0.15, -0.1) is 0 Å². The van der Waals surface area contributed by atoms with Gasteiger partial charge in [0.25, 0.3) is 0 Å². The van der Waals surface area contributed by atoms with Gasteiger partial charge in [-0.1, -0.05) is 12.8 Å². The summed E-state index contributed by atoms with van der Waals surface area (Å²) in [7, 11) is 0. The molecule has 1 unspecified atom stereocenters. The summed E-state index contributed by atoms with van der Waals surface area (Å²) >= 11 is 0. The topological polar surface area (TPSA) is 17.1 Å². The minimum Gasteiger partial charge on any atom is -0.303 e. The smallest absolute Gasteiger partial charge is 0.123 e. The first-order chi connectivity index (χ1) is 5.35. The largest absolute Gasteiger partial charge is 0.303 e. The number of rotatable bonds is 1. The van der Waals surface area contributed by atoms with Crippen LogP contribution in [0, 0.1) is 11.3 Å². The number of aldehydes is 1. The first-order valence-electron chi connectivity index (χ1n) is 4.80. The first-order valence-corrected chi connectivity index (χ1v) is 4.80. The molecule has 2 fully saturated rings. The van der Waals surface area contributed by atoms with Crippen LogP contribution in [0.1, 0.15) is 44.9 Å². The monoisotopic (exact) mass is 152 g/mol. The minimum atomic E-state index is 0.410. The highest BCUT2D eigenvalue weighted by molar-refractivity contribution is 5.54. The standard InChI is InChI=1S/C10H16O/c11-8-9-3-6-10(7-9)4-1-2-5-10/h8-9H,1-7H2. The second-order valence-electron chi connectivity index (χ2n) is 4.35. The highest BCUT2D eigenvalue weighted by atomic mass is 16.1. The Morgan fingerprint density at radius 3 is 2.45 bits per heavy atom. The normalized spacial score (nSPS) is 34.7. The van der Waals surface area contributed by atoms with Gasteiger partial charge < -0.3 is 4.79 Å². The number of hydrogen-bond donors (Lipinski definition) is 0. The summed E-state index contributed by atoms with van der Waals surface area (Å²) < 4.78 is 0. The molecule has 1 spiro atoms. The van der Waals surface area contributed by atoms with Crippen molar-refractivity contribution >= 4 is 6.29 Å². The van der Waals surface area contributed by atoms with E-state index in [0.717, 1.165) is 0 Å². The zero-order valence-electron chi connectivity index (χ0n) is 7.01. The lowest BCUT2D eigenvalue weighted by Gasteiger charge is -2.21. The summed E-state index contributed by atoms with van der Waals surface area (Å²) in [4.78, 5) is 10.5. The zero-order chi connectivity index (χ0) is 7.73. The molecule has 1 heteroatoms. The van der Waals surface area contributed by atoms with Crippen LogP contribution >= 0.6 is 0 Å². The molecule has 0 aromatic rings. The van der Waals surface area contributed by atoms with E-state index in [0.29, 0.717) is 11.3 Å². The van der Waals surface area contributed by atoms with Crippen molar-refractivity contribution in [3.8, 4) is 0 Å². The van der Waals surface area contributed by atoms with Crippen molar-refractivity contribution in [3.63, 3.8) is 0 Å². The maximum absolute atomic E-state index is 10.5. The Hall–Kier alpha value is -0.330. The van der Waals surface area contributed by atoms with Crippen LogP contribution in [0.4, 0.5) is 0 Å². The van der Waals surface area contributed by atoms with E-state index in [9.17, 15) is 4.79 Å². The molecule has 11 heavy (non-hydrogen) atoms. The van der Waals surface area contributed by atoms with Gasteiger partial charge in [0.2, 0.25) is 0 Å². The second kappa shape index (κ2) is 2.62. The molecule has 2 saturated carbocycles. The quantitative estimate of drug-likeness (QED) is 0.528. The third kappa shape index (κ3) is 1.21. The molecule has 0 N–H and O–H groups in total. The van der Waals surface area contributed by atoms with Crippen molar-refractivity contribution in [2.45, 2.75) is 44.9 Å². The van der Waals surface area contributed by atoms with Crippen molar-refractivity contribution < 1.29 is 4.79 Å². The molecule has 2 aliphatic rings. The molecular formula is C10H16O. The van der Waals surface area contributed by atoms with E-state index in [2.05, 4.69) is 0 Å². The van der Waals surface area contributed by atoms with Crippen molar-refractivity contribution in [2.24, 2.45) is 11.3 Å².